The number of aromatic nitrogens is 1. The largest absolute Gasteiger partial charge is 0.316 e. The van der Waals surface area contributed by atoms with Crippen LogP contribution >= 0.6 is 11.3 Å². The first-order chi connectivity index (χ1) is 13.7. The molecule has 4 nitrogen and oxygen atoms in total. The summed E-state index contributed by atoms with van der Waals surface area (Å²) < 4.78 is 31.8. The molecule has 1 heterocycles. The van der Waals surface area contributed by atoms with Gasteiger partial charge < -0.3 is 4.57 Å². The summed E-state index contributed by atoms with van der Waals surface area (Å²) in [7, 11) is -3.77. The lowest BCUT2D eigenvalue weighted by atomic mass is 9.93. The summed E-state index contributed by atoms with van der Waals surface area (Å²) in [5.41, 5.74) is 2.05. The molecule has 0 unspecified atom stereocenters. The zero-order valence-corrected chi connectivity index (χ0v) is 18.8. The van der Waals surface area contributed by atoms with E-state index in [0.717, 1.165) is 16.1 Å². The van der Waals surface area contributed by atoms with Crippen LogP contribution in [-0.2, 0) is 22.0 Å². The third-order valence-electron chi connectivity index (χ3n) is 4.48. The minimum absolute atomic E-state index is 0.0933. The molecule has 3 rings (SSSR count). The normalized spacial score (nSPS) is 13.3. The molecule has 0 N–H and O–H groups in total. The summed E-state index contributed by atoms with van der Waals surface area (Å²) in [4.78, 5) is 1.83. The Morgan fingerprint density at radius 2 is 1.59 bits per heavy atom. The van der Waals surface area contributed by atoms with Crippen molar-refractivity contribution in [2.75, 3.05) is 0 Å². The van der Waals surface area contributed by atoms with Crippen molar-refractivity contribution < 1.29 is 8.42 Å². The number of nitrogens with zero attached hydrogens (tertiary/aromatic N) is 2. The molecule has 3 aromatic rings. The van der Waals surface area contributed by atoms with Crippen LogP contribution < -0.4 is 4.80 Å². The summed E-state index contributed by atoms with van der Waals surface area (Å²) in [6, 6.07) is 18.4. The molecule has 0 saturated carbocycles. The summed E-state index contributed by atoms with van der Waals surface area (Å²) in [5, 5.41) is 0. The maximum Gasteiger partial charge on any atom is 0.285 e. The van der Waals surface area contributed by atoms with Gasteiger partial charge >= 0.3 is 0 Å². The number of hydrogen-bond acceptors (Lipinski definition) is 3. The van der Waals surface area contributed by atoms with E-state index in [-0.39, 0.29) is 10.3 Å². The Labute approximate surface area is 177 Å². The van der Waals surface area contributed by atoms with Crippen LogP contribution in [0.4, 0.5) is 0 Å². The van der Waals surface area contributed by atoms with Crippen LogP contribution in [0.5, 0.6) is 0 Å². The van der Waals surface area contributed by atoms with E-state index in [4.69, 9.17) is 0 Å². The van der Waals surface area contributed by atoms with Gasteiger partial charge in [-0.05, 0) is 30.0 Å². The van der Waals surface area contributed by atoms with Gasteiger partial charge in [0.25, 0.3) is 10.0 Å². The number of benzene rings is 2. The fourth-order valence-corrected chi connectivity index (χ4v) is 5.49. The van der Waals surface area contributed by atoms with Crippen LogP contribution in [0, 0.1) is 6.92 Å². The van der Waals surface area contributed by atoms with E-state index < -0.39 is 10.0 Å². The van der Waals surface area contributed by atoms with Crippen LogP contribution in [0.2, 0.25) is 0 Å². The average Bonchev–Trinajstić information content (AvgIpc) is 2.99. The average molecular weight is 427 g/mol. The summed E-state index contributed by atoms with van der Waals surface area (Å²) in [5.74, 6) is 0. The lowest BCUT2D eigenvalue weighted by Gasteiger charge is -2.17. The van der Waals surface area contributed by atoms with E-state index in [1.165, 1.54) is 11.3 Å². The van der Waals surface area contributed by atoms with Gasteiger partial charge in [0.1, 0.15) is 0 Å². The maximum atomic E-state index is 12.8. The van der Waals surface area contributed by atoms with Gasteiger partial charge in [-0.25, -0.2) is 0 Å². The third kappa shape index (κ3) is 5.14. The van der Waals surface area contributed by atoms with Crippen molar-refractivity contribution in [1.29, 1.82) is 0 Å². The Bertz CT molecular complexity index is 1170. The second-order valence-electron chi connectivity index (χ2n) is 7.85. The molecule has 0 saturated heterocycles. The fourth-order valence-electron chi connectivity index (χ4n) is 3.07. The molecular weight excluding hydrogens is 400 g/mol. The lowest BCUT2D eigenvalue weighted by Crippen LogP contribution is -2.18. The lowest BCUT2D eigenvalue weighted by molar-refractivity contribution is 0.589. The topological polar surface area (TPSA) is 51.4 Å². The molecule has 0 spiro atoms. The molecule has 6 heteroatoms. The minimum Gasteiger partial charge on any atom is -0.316 e. The highest BCUT2D eigenvalue weighted by Crippen LogP contribution is 2.28. The van der Waals surface area contributed by atoms with Crippen LogP contribution in [-0.4, -0.2) is 13.0 Å². The molecule has 0 aliphatic carbocycles. The van der Waals surface area contributed by atoms with Gasteiger partial charge in [0.15, 0.2) is 0 Å². The summed E-state index contributed by atoms with van der Waals surface area (Å²) in [6.45, 7) is 8.97. The van der Waals surface area contributed by atoms with Crippen molar-refractivity contribution in [2.24, 2.45) is 4.40 Å². The van der Waals surface area contributed by atoms with Gasteiger partial charge in [-0.3, -0.25) is 0 Å². The van der Waals surface area contributed by atoms with E-state index in [0.29, 0.717) is 11.3 Å². The standard InChI is InChI=1S/C23H26N2O2S2/c1-18-21(23(2,3)4)28-22(24-29(26,27)20-15-9-6-10-16-20)25(18)17-11-14-19-12-7-5-8-13-19/h5-16H,17H2,1-4H3. The second kappa shape index (κ2) is 8.51. The molecular formula is C23H26N2O2S2. The maximum absolute atomic E-state index is 12.8. The van der Waals surface area contributed by atoms with Crippen molar-refractivity contribution in [3.8, 4) is 0 Å². The number of hydrogen-bond donors (Lipinski definition) is 0. The van der Waals surface area contributed by atoms with E-state index in [1.54, 1.807) is 30.3 Å². The molecule has 0 aliphatic heterocycles. The van der Waals surface area contributed by atoms with Gasteiger partial charge in [0.2, 0.25) is 4.80 Å². The quantitative estimate of drug-likeness (QED) is 0.566. The van der Waals surface area contributed by atoms with Crippen molar-refractivity contribution in [3.63, 3.8) is 0 Å². The van der Waals surface area contributed by atoms with Gasteiger partial charge in [-0.15, -0.1) is 15.7 Å². The molecule has 0 bridgehead atoms. The predicted octanol–water partition coefficient (Wildman–Crippen LogP) is 5.16. The highest BCUT2D eigenvalue weighted by molar-refractivity contribution is 7.90. The molecule has 1 aromatic heterocycles. The highest BCUT2D eigenvalue weighted by atomic mass is 32.2. The molecule has 152 valence electrons. The SMILES string of the molecule is Cc1c(C(C)(C)C)sc(=NS(=O)(=O)c2ccccc2)n1CC=Cc1ccccc1. The molecule has 0 amide bonds. The van der Waals surface area contributed by atoms with E-state index in [2.05, 4.69) is 25.2 Å². The van der Waals surface area contributed by atoms with Crippen LogP contribution in [0.15, 0.2) is 76.0 Å². The Morgan fingerprint density at radius 3 is 2.17 bits per heavy atom. The van der Waals surface area contributed by atoms with Crippen LogP contribution in [0.1, 0.15) is 36.9 Å². The zero-order chi connectivity index (χ0) is 21.1. The smallest absolute Gasteiger partial charge is 0.285 e. The Hall–Kier alpha value is -2.44. The van der Waals surface area contributed by atoms with Crippen molar-refractivity contribution in [3.05, 3.63) is 87.7 Å². The molecule has 0 atom stereocenters. The van der Waals surface area contributed by atoms with E-state index in [9.17, 15) is 8.42 Å². The number of rotatable bonds is 5. The summed E-state index contributed by atoms with van der Waals surface area (Å²) in [6.07, 6.45) is 4.08. The van der Waals surface area contributed by atoms with Crippen molar-refractivity contribution in [2.45, 2.75) is 44.6 Å². The zero-order valence-electron chi connectivity index (χ0n) is 17.2. The fraction of sp³-hybridized carbons (Fsp3) is 0.261. The van der Waals surface area contributed by atoms with Crippen molar-refractivity contribution >= 4 is 27.4 Å². The number of sulfonamides is 1. The third-order valence-corrected chi connectivity index (χ3v) is 7.48. The number of thiazole rings is 1. The second-order valence-corrected chi connectivity index (χ2v) is 10.4. The van der Waals surface area contributed by atoms with Gasteiger partial charge in [-0.1, -0.05) is 81.5 Å². The van der Waals surface area contributed by atoms with Crippen molar-refractivity contribution in [1.82, 2.24) is 4.57 Å². The molecule has 0 aliphatic rings. The van der Waals surface area contributed by atoms with Crippen LogP contribution in [0.3, 0.4) is 0 Å². The molecule has 0 fully saturated rings. The van der Waals surface area contributed by atoms with Gasteiger partial charge in [0, 0.05) is 17.1 Å². The minimum atomic E-state index is -3.77. The van der Waals surface area contributed by atoms with Gasteiger partial charge in [-0.2, -0.15) is 8.42 Å². The first-order valence-electron chi connectivity index (χ1n) is 9.47. The Morgan fingerprint density at radius 1 is 1.00 bits per heavy atom. The molecule has 29 heavy (non-hydrogen) atoms. The monoisotopic (exact) mass is 426 g/mol. The number of allylic oxidation sites excluding steroid dienone is 1. The Kier molecular flexibility index (Phi) is 6.24. The predicted molar refractivity (Wildman–Crippen MR) is 120 cm³/mol. The first kappa shape index (κ1) is 21.3. The Balaban J connectivity index is 2.07. The molecule has 0 radical (unpaired) electrons. The van der Waals surface area contributed by atoms with Gasteiger partial charge in [0.05, 0.1) is 4.90 Å². The highest BCUT2D eigenvalue weighted by Gasteiger charge is 2.23. The summed E-state index contributed by atoms with van der Waals surface area (Å²) >= 11 is 1.44. The van der Waals surface area contributed by atoms with E-state index in [1.807, 2.05) is 54.0 Å². The first-order valence-corrected chi connectivity index (χ1v) is 11.7. The van der Waals surface area contributed by atoms with Crippen LogP contribution in [0.25, 0.3) is 6.08 Å². The molecule has 2 aromatic carbocycles. The van der Waals surface area contributed by atoms with E-state index >= 15 is 0 Å².